The second-order valence-corrected chi connectivity index (χ2v) is 9.37. The summed E-state index contributed by atoms with van der Waals surface area (Å²) in [6.45, 7) is 2.25. The van der Waals surface area contributed by atoms with Crippen LogP contribution < -0.4 is 0 Å². The first-order valence-electron chi connectivity index (χ1n) is 9.10. The molecule has 4 nitrogen and oxygen atoms in total. The molecule has 0 aliphatic heterocycles. The van der Waals surface area contributed by atoms with Crippen LogP contribution in [0.5, 0.6) is 0 Å². The number of hydrogen-bond acceptors (Lipinski definition) is 3. The lowest BCUT2D eigenvalue weighted by Crippen LogP contribution is -2.42. The van der Waals surface area contributed by atoms with Gasteiger partial charge >= 0.3 is 15.6 Å². The molecule has 150 valence electrons. The topological polar surface area (TPSA) is 71.4 Å². The number of hydrogen-bond donors (Lipinski definition) is 1. The van der Waals surface area contributed by atoms with E-state index in [1.807, 2.05) is 0 Å². The van der Waals surface area contributed by atoms with Crippen molar-refractivity contribution in [1.29, 1.82) is 0 Å². The Hall–Kier alpha value is -1.41. The monoisotopic (exact) mass is 404 g/mol. The van der Waals surface area contributed by atoms with Gasteiger partial charge in [0.15, 0.2) is 0 Å². The molecule has 0 heterocycles. The van der Waals surface area contributed by atoms with Crippen LogP contribution in [0.1, 0.15) is 56.1 Å². The highest BCUT2D eigenvalue weighted by atomic mass is 32.2. The number of fused-ring (bicyclic) bond motifs is 5. The molecule has 3 aliphatic carbocycles. The second kappa shape index (κ2) is 6.88. The van der Waals surface area contributed by atoms with E-state index in [9.17, 15) is 18.0 Å². The number of ketones is 1. The van der Waals surface area contributed by atoms with Crippen molar-refractivity contribution in [2.75, 3.05) is 0 Å². The Bertz CT molecular complexity index is 834. The standard InChI is InChI=1S/C18H22O.CHF3O3S/c1-18-11-10-14-13-5-3-2-4-12(13)6-7-15(14)16(18)8-9-17(18)19;2-1(3,4)8(5,6)7/h2-5,14-16H,6-11H2,1H3;(H,5,6,7)/t14-,15-,16+,18+;/m1./s1. The third kappa shape index (κ3) is 3.66. The molecule has 0 spiro atoms. The van der Waals surface area contributed by atoms with Crippen molar-refractivity contribution in [3.05, 3.63) is 35.4 Å². The average Bonchev–Trinajstić information content (AvgIpc) is 2.89. The summed E-state index contributed by atoms with van der Waals surface area (Å²) in [7, 11) is -5.84. The lowest BCUT2D eigenvalue weighted by atomic mass is 9.55. The van der Waals surface area contributed by atoms with Crippen LogP contribution in [0.3, 0.4) is 0 Å². The maximum absolute atomic E-state index is 12.3. The fourth-order valence-corrected chi connectivity index (χ4v) is 5.29. The van der Waals surface area contributed by atoms with Crippen LogP contribution >= 0.6 is 0 Å². The van der Waals surface area contributed by atoms with Gasteiger partial charge in [-0.05, 0) is 61.0 Å². The third-order valence-electron chi connectivity index (χ3n) is 6.64. The fraction of sp³-hybridized carbons (Fsp3) is 0.632. The van der Waals surface area contributed by atoms with Crippen molar-refractivity contribution in [3.8, 4) is 0 Å². The van der Waals surface area contributed by atoms with Crippen LogP contribution in [0.4, 0.5) is 13.2 Å². The van der Waals surface area contributed by atoms with Gasteiger partial charge in [0, 0.05) is 11.8 Å². The van der Waals surface area contributed by atoms with E-state index in [-0.39, 0.29) is 5.41 Å². The molecule has 0 aromatic heterocycles. The molecule has 27 heavy (non-hydrogen) atoms. The van der Waals surface area contributed by atoms with Crippen molar-refractivity contribution < 1.29 is 30.9 Å². The highest BCUT2D eigenvalue weighted by Crippen LogP contribution is 2.59. The van der Waals surface area contributed by atoms with Gasteiger partial charge in [-0.2, -0.15) is 21.6 Å². The van der Waals surface area contributed by atoms with E-state index in [1.54, 1.807) is 11.1 Å². The Balaban J connectivity index is 0.000000226. The maximum atomic E-state index is 12.3. The zero-order chi connectivity index (χ0) is 20.0. The molecule has 0 saturated heterocycles. The number of rotatable bonds is 0. The molecule has 2 saturated carbocycles. The van der Waals surface area contributed by atoms with E-state index < -0.39 is 15.6 Å². The molecule has 8 heteroatoms. The van der Waals surface area contributed by atoms with Crippen molar-refractivity contribution in [1.82, 2.24) is 0 Å². The molecule has 0 radical (unpaired) electrons. The molecular weight excluding hydrogens is 381 g/mol. The van der Waals surface area contributed by atoms with Crippen molar-refractivity contribution in [3.63, 3.8) is 0 Å². The van der Waals surface area contributed by atoms with Crippen molar-refractivity contribution in [2.24, 2.45) is 17.3 Å². The predicted molar refractivity (Wildman–Crippen MR) is 93.7 cm³/mol. The first kappa shape index (κ1) is 20.3. The lowest BCUT2D eigenvalue weighted by molar-refractivity contribution is -0.129. The highest BCUT2D eigenvalue weighted by Gasteiger charge is 2.54. The summed E-state index contributed by atoms with van der Waals surface area (Å²) in [5, 5.41) is 0. The number of carbonyl (C=O) groups is 1. The van der Waals surface area contributed by atoms with Gasteiger partial charge in [-0.3, -0.25) is 9.35 Å². The third-order valence-corrected chi connectivity index (χ3v) is 7.23. The molecule has 0 unspecified atom stereocenters. The number of benzene rings is 1. The molecule has 1 aromatic rings. The van der Waals surface area contributed by atoms with Crippen molar-refractivity contribution in [2.45, 2.75) is 56.9 Å². The quantitative estimate of drug-likeness (QED) is 0.510. The van der Waals surface area contributed by atoms with Gasteiger partial charge in [0.25, 0.3) is 0 Å². The summed E-state index contributed by atoms with van der Waals surface area (Å²) < 4.78 is 57.5. The van der Waals surface area contributed by atoms with Crippen LogP contribution in [0.2, 0.25) is 0 Å². The van der Waals surface area contributed by atoms with Gasteiger partial charge in [-0.15, -0.1) is 0 Å². The van der Waals surface area contributed by atoms with Gasteiger partial charge in [-0.1, -0.05) is 31.2 Å². The summed E-state index contributed by atoms with van der Waals surface area (Å²) in [6.07, 6.45) is 6.85. The van der Waals surface area contributed by atoms with E-state index in [0.29, 0.717) is 11.7 Å². The second-order valence-electron chi connectivity index (χ2n) is 7.95. The molecule has 0 bridgehead atoms. The van der Waals surface area contributed by atoms with Gasteiger partial charge in [0.1, 0.15) is 5.78 Å². The van der Waals surface area contributed by atoms with Gasteiger partial charge in [0.05, 0.1) is 0 Å². The maximum Gasteiger partial charge on any atom is 0.522 e. The summed E-state index contributed by atoms with van der Waals surface area (Å²) in [6, 6.07) is 9.00. The SMILES string of the molecule is C[C@]12CC[C@@H]3c4ccccc4CC[C@H]3[C@@H]1CCC2=O.O=S(=O)(O)C(F)(F)F. The Morgan fingerprint density at radius 3 is 2.37 bits per heavy atom. The highest BCUT2D eigenvalue weighted by molar-refractivity contribution is 7.86. The number of Topliss-reactive ketones (excluding diaryl/α,β-unsaturated/α-hetero) is 1. The summed E-state index contributed by atoms with van der Waals surface area (Å²) >= 11 is 0. The molecule has 3 aliphatic rings. The van der Waals surface area contributed by atoms with E-state index >= 15 is 0 Å². The van der Waals surface area contributed by atoms with Crippen LogP contribution in [0.25, 0.3) is 0 Å². The zero-order valence-electron chi connectivity index (χ0n) is 15.0. The molecule has 0 amide bonds. The Morgan fingerprint density at radius 1 is 1.11 bits per heavy atom. The minimum atomic E-state index is -5.84. The Morgan fingerprint density at radius 2 is 1.74 bits per heavy atom. The van der Waals surface area contributed by atoms with Gasteiger partial charge < -0.3 is 0 Å². The van der Waals surface area contributed by atoms with E-state index in [2.05, 4.69) is 31.2 Å². The minimum Gasteiger partial charge on any atom is -0.299 e. The van der Waals surface area contributed by atoms with Gasteiger partial charge in [0.2, 0.25) is 0 Å². The molecule has 4 atom stereocenters. The van der Waals surface area contributed by atoms with E-state index in [4.69, 9.17) is 13.0 Å². The smallest absolute Gasteiger partial charge is 0.299 e. The number of carbonyl (C=O) groups excluding carboxylic acids is 1. The summed E-state index contributed by atoms with van der Waals surface area (Å²) in [5.74, 6) is 2.70. The number of alkyl halides is 3. The van der Waals surface area contributed by atoms with Gasteiger partial charge in [-0.25, -0.2) is 0 Å². The molecule has 1 aromatic carbocycles. The number of aryl methyl sites for hydroxylation is 1. The molecular formula is C19H23F3O4S. The van der Waals surface area contributed by atoms with Crippen LogP contribution in [-0.2, 0) is 21.3 Å². The first-order chi connectivity index (χ1) is 12.4. The average molecular weight is 404 g/mol. The van der Waals surface area contributed by atoms with Crippen molar-refractivity contribution >= 4 is 15.9 Å². The first-order valence-corrected chi connectivity index (χ1v) is 10.5. The molecule has 4 rings (SSSR count). The lowest BCUT2D eigenvalue weighted by Gasteiger charge is -2.48. The van der Waals surface area contributed by atoms with E-state index in [1.165, 1.54) is 19.3 Å². The summed E-state index contributed by atoms with van der Waals surface area (Å²) in [4.78, 5) is 12.3. The molecule has 2 fully saturated rings. The molecule has 1 N–H and O–H groups in total. The van der Waals surface area contributed by atoms with Crippen LogP contribution in [0, 0.1) is 17.3 Å². The van der Waals surface area contributed by atoms with Crippen LogP contribution in [0.15, 0.2) is 24.3 Å². The Kier molecular flexibility index (Phi) is 5.18. The normalized spacial score (nSPS) is 32.6. The largest absolute Gasteiger partial charge is 0.522 e. The number of halogens is 3. The zero-order valence-corrected chi connectivity index (χ0v) is 15.8. The van der Waals surface area contributed by atoms with Crippen LogP contribution in [-0.4, -0.2) is 24.3 Å². The fourth-order valence-electron chi connectivity index (χ4n) is 5.29. The predicted octanol–water partition coefficient (Wildman–Crippen LogP) is 4.51. The van der Waals surface area contributed by atoms with E-state index in [0.717, 1.165) is 31.1 Å². The Labute approximate surface area is 156 Å². The summed E-state index contributed by atoms with van der Waals surface area (Å²) in [5.41, 5.74) is -2.35. The minimum absolute atomic E-state index is 0.0213.